The number of hydrogen-bond acceptors (Lipinski definition) is 10. The molecule has 0 aliphatic heterocycles. The second-order valence-electron chi connectivity index (χ2n) is 3.19. The van der Waals surface area contributed by atoms with E-state index in [0.717, 1.165) is 18.2 Å². The van der Waals surface area contributed by atoms with Gasteiger partial charge >= 0.3 is 25.7 Å². The molecule has 0 rings (SSSR count). The summed E-state index contributed by atoms with van der Waals surface area (Å²) in [6.45, 7) is 6.97. The van der Waals surface area contributed by atoms with Crippen LogP contribution < -0.4 is 0 Å². The summed E-state index contributed by atoms with van der Waals surface area (Å²) in [7, 11) is -4.35. The lowest BCUT2D eigenvalue weighted by atomic mass is 10.7. The minimum absolute atomic E-state index is 0.813. The van der Waals surface area contributed by atoms with Gasteiger partial charge in [-0.05, 0) is 0 Å². The Hall–Kier alpha value is -2.26. The smallest absolute Gasteiger partial charge is 0.435 e. The van der Waals surface area contributed by atoms with Gasteiger partial charge in [-0.3, -0.25) is 0 Å². The van der Waals surface area contributed by atoms with E-state index in [4.69, 9.17) is 0 Å². The van der Waals surface area contributed by atoms with Gasteiger partial charge in [0, 0.05) is 18.2 Å². The van der Waals surface area contributed by atoms with Gasteiger partial charge in [-0.15, -0.1) is 0 Å². The van der Waals surface area contributed by atoms with E-state index in [0.29, 0.717) is 0 Å². The maximum Gasteiger partial charge on any atom is 0.483 e. The van der Waals surface area contributed by atoms with Crippen molar-refractivity contribution >= 4 is 25.7 Å². The number of ether oxygens (including phenoxy) is 3. The highest BCUT2D eigenvalue weighted by molar-refractivity contribution is 7.48. The second-order valence-corrected chi connectivity index (χ2v) is 4.86. The molecule has 0 aromatic rings. The molecule has 128 valence electrons. The molecule has 0 bridgehead atoms. The summed E-state index contributed by atoms with van der Waals surface area (Å²) in [5.41, 5.74) is 0. The molecular weight excluding hydrogens is 335 g/mol. The molecule has 0 radical (unpaired) electrons. The van der Waals surface area contributed by atoms with E-state index in [1.807, 2.05) is 0 Å². The minimum Gasteiger partial charge on any atom is -0.435 e. The first kappa shape index (κ1) is 20.7. The van der Waals surface area contributed by atoms with Crippen LogP contribution in [0.1, 0.15) is 0 Å². The Kier molecular flexibility index (Phi) is 10.2. The first-order valence-corrected chi connectivity index (χ1v) is 7.24. The largest absolute Gasteiger partial charge is 0.483 e. The van der Waals surface area contributed by atoms with Crippen LogP contribution in [0.3, 0.4) is 0 Å². The summed E-state index contributed by atoms with van der Waals surface area (Å²) in [5.74, 6) is -2.56. The predicted octanol–water partition coefficient (Wildman–Crippen LogP) is 1.20. The van der Waals surface area contributed by atoms with Gasteiger partial charge in [0.2, 0.25) is 20.4 Å². The van der Waals surface area contributed by atoms with Crippen LogP contribution in [0.5, 0.6) is 0 Å². The van der Waals surface area contributed by atoms with Crippen molar-refractivity contribution in [2.45, 2.75) is 0 Å². The highest BCUT2D eigenvalue weighted by Gasteiger charge is 2.29. The summed E-state index contributed by atoms with van der Waals surface area (Å²) in [5, 5.41) is 0. The van der Waals surface area contributed by atoms with Gasteiger partial charge in [0.25, 0.3) is 0 Å². The quantitative estimate of drug-likeness (QED) is 0.167. The highest BCUT2D eigenvalue weighted by Crippen LogP contribution is 2.49. The van der Waals surface area contributed by atoms with E-state index in [1.165, 1.54) is 0 Å². The normalized spacial score (nSPS) is 10.3. The number of phosphoric ester groups is 1. The molecule has 0 unspecified atom stereocenters. The molecule has 0 aliphatic rings. The molecule has 0 saturated carbocycles. The lowest BCUT2D eigenvalue weighted by Gasteiger charge is -2.17. The number of esters is 3. The fourth-order valence-electron chi connectivity index (χ4n) is 0.736. The number of phosphoric acid groups is 1. The molecule has 0 aliphatic carbocycles. The van der Waals surface area contributed by atoms with Crippen molar-refractivity contribution in [3.05, 3.63) is 38.0 Å². The van der Waals surface area contributed by atoms with Crippen LogP contribution in [0.2, 0.25) is 0 Å². The predicted molar refractivity (Wildman–Crippen MR) is 74.3 cm³/mol. The Morgan fingerprint density at radius 1 is 0.696 bits per heavy atom. The SMILES string of the molecule is C=CC(=O)OCOP(=O)(OCOC(=O)C=C)OCOC(=O)C=C. The van der Waals surface area contributed by atoms with Gasteiger partial charge in [0.15, 0.2) is 0 Å². The van der Waals surface area contributed by atoms with Gasteiger partial charge in [-0.25, -0.2) is 32.5 Å². The molecular formula is C12H15O10P. The average molecular weight is 350 g/mol. The number of carbonyl (C=O) groups is 3. The standard InChI is InChI=1S/C12H15O10P/c1-4-10(13)17-7-20-23(16,21-8-18-11(14)5-2)22-9-19-12(15)6-3/h4-6H,1-3,7-9H2. The molecule has 0 spiro atoms. The van der Waals surface area contributed by atoms with E-state index in [1.54, 1.807) is 0 Å². The molecule has 0 saturated heterocycles. The molecule has 0 fully saturated rings. The fraction of sp³-hybridized carbons (Fsp3) is 0.250. The molecule has 0 N–H and O–H groups in total. The summed E-state index contributed by atoms with van der Waals surface area (Å²) in [4.78, 5) is 32.5. The van der Waals surface area contributed by atoms with Crippen LogP contribution in [0.15, 0.2) is 38.0 Å². The van der Waals surface area contributed by atoms with Crippen molar-refractivity contribution in [1.82, 2.24) is 0 Å². The average Bonchev–Trinajstić information content (AvgIpc) is 2.54. The Balaban J connectivity index is 4.51. The van der Waals surface area contributed by atoms with Crippen molar-refractivity contribution in [3.63, 3.8) is 0 Å². The summed E-state index contributed by atoms with van der Waals surface area (Å²) >= 11 is 0. The van der Waals surface area contributed by atoms with E-state index in [-0.39, 0.29) is 0 Å². The topological polar surface area (TPSA) is 124 Å². The van der Waals surface area contributed by atoms with Crippen molar-refractivity contribution in [3.8, 4) is 0 Å². The Bertz CT molecular complexity index is 441. The zero-order valence-corrected chi connectivity index (χ0v) is 12.9. The lowest BCUT2D eigenvalue weighted by molar-refractivity contribution is -0.150. The van der Waals surface area contributed by atoms with E-state index >= 15 is 0 Å². The first-order chi connectivity index (χ1) is 10.9. The Labute approximate surface area is 131 Å². The zero-order valence-electron chi connectivity index (χ0n) is 12.0. The molecule has 0 amide bonds. The summed E-state index contributed by atoms with van der Waals surface area (Å²) < 4.78 is 39.2. The van der Waals surface area contributed by atoms with E-state index in [9.17, 15) is 18.9 Å². The Morgan fingerprint density at radius 3 is 1.17 bits per heavy atom. The van der Waals surface area contributed by atoms with Crippen LogP contribution in [-0.4, -0.2) is 38.3 Å². The molecule has 23 heavy (non-hydrogen) atoms. The van der Waals surface area contributed by atoms with Crippen molar-refractivity contribution in [1.29, 1.82) is 0 Å². The van der Waals surface area contributed by atoms with Gasteiger partial charge in [-0.1, -0.05) is 19.7 Å². The lowest BCUT2D eigenvalue weighted by Crippen LogP contribution is -2.12. The third-order valence-electron chi connectivity index (χ3n) is 1.74. The summed E-state index contributed by atoms with van der Waals surface area (Å²) in [6, 6.07) is 0. The zero-order chi connectivity index (χ0) is 17.7. The fourth-order valence-corrected chi connectivity index (χ4v) is 1.50. The molecule has 0 heterocycles. The van der Waals surface area contributed by atoms with Crippen LogP contribution in [-0.2, 0) is 46.7 Å². The number of carbonyl (C=O) groups excluding carboxylic acids is 3. The monoisotopic (exact) mass is 350 g/mol. The van der Waals surface area contributed by atoms with Gasteiger partial charge in [0.05, 0.1) is 0 Å². The van der Waals surface area contributed by atoms with Crippen molar-refractivity contribution in [2.24, 2.45) is 0 Å². The van der Waals surface area contributed by atoms with Gasteiger partial charge < -0.3 is 14.2 Å². The van der Waals surface area contributed by atoms with Crippen LogP contribution >= 0.6 is 7.82 Å². The van der Waals surface area contributed by atoms with Crippen molar-refractivity contribution in [2.75, 3.05) is 20.4 Å². The summed E-state index contributed by atoms with van der Waals surface area (Å²) in [6.07, 6.45) is 2.52. The van der Waals surface area contributed by atoms with Crippen LogP contribution in [0, 0.1) is 0 Å². The number of rotatable bonds is 12. The highest BCUT2D eigenvalue weighted by atomic mass is 31.2. The van der Waals surface area contributed by atoms with Gasteiger partial charge in [0.1, 0.15) is 0 Å². The van der Waals surface area contributed by atoms with Crippen molar-refractivity contribution < 1.29 is 46.7 Å². The maximum atomic E-state index is 12.1. The third kappa shape index (κ3) is 10.1. The maximum absolute atomic E-state index is 12.1. The first-order valence-electron chi connectivity index (χ1n) is 5.78. The molecule has 0 aromatic carbocycles. The molecule has 0 aromatic heterocycles. The molecule has 10 nitrogen and oxygen atoms in total. The van der Waals surface area contributed by atoms with Crippen LogP contribution in [0.4, 0.5) is 0 Å². The Morgan fingerprint density at radius 2 is 0.957 bits per heavy atom. The number of hydrogen-bond donors (Lipinski definition) is 0. The van der Waals surface area contributed by atoms with Crippen LogP contribution in [0.25, 0.3) is 0 Å². The minimum atomic E-state index is -4.35. The second kappa shape index (κ2) is 11.3. The van der Waals surface area contributed by atoms with E-state index < -0.39 is 46.1 Å². The molecule has 0 atom stereocenters. The molecule has 11 heteroatoms. The van der Waals surface area contributed by atoms with Gasteiger partial charge in [-0.2, -0.15) is 0 Å². The third-order valence-corrected chi connectivity index (χ3v) is 3.00. The van der Waals surface area contributed by atoms with E-state index in [2.05, 4.69) is 47.5 Å².